The fourth-order valence-corrected chi connectivity index (χ4v) is 5.39. The van der Waals surface area contributed by atoms with Crippen molar-refractivity contribution in [2.45, 2.75) is 64.3 Å². The lowest BCUT2D eigenvalue weighted by Crippen LogP contribution is -2.28. The molecule has 1 aromatic carbocycles. The Kier molecular flexibility index (Phi) is 7.93. The molecule has 0 bridgehead atoms. The predicted octanol–water partition coefficient (Wildman–Crippen LogP) is 5.06. The summed E-state index contributed by atoms with van der Waals surface area (Å²) in [5.41, 5.74) is 6.18. The van der Waals surface area contributed by atoms with Crippen molar-refractivity contribution in [1.29, 1.82) is 0 Å². The Labute approximate surface area is 209 Å². The maximum Gasteiger partial charge on any atom is 0.224 e. The summed E-state index contributed by atoms with van der Waals surface area (Å²) >= 11 is 0. The van der Waals surface area contributed by atoms with Crippen LogP contribution in [0.2, 0.25) is 0 Å². The number of hydrogen-bond acceptors (Lipinski definition) is 6. The Morgan fingerprint density at radius 1 is 0.943 bits per heavy atom. The first-order valence-corrected chi connectivity index (χ1v) is 13.4. The van der Waals surface area contributed by atoms with Gasteiger partial charge in [-0.3, -0.25) is 5.10 Å². The molecule has 1 aliphatic carbocycles. The number of hydrogen-bond donors (Lipinski definition) is 2. The molecule has 2 aliphatic rings. The highest BCUT2D eigenvalue weighted by molar-refractivity contribution is 5.62. The van der Waals surface area contributed by atoms with Crippen molar-refractivity contribution in [3.63, 3.8) is 0 Å². The number of H-pyrrole nitrogens is 1. The van der Waals surface area contributed by atoms with E-state index in [4.69, 9.17) is 9.97 Å². The van der Waals surface area contributed by atoms with Gasteiger partial charge in [-0.25, -0.2) is 4.98 Å². The lowest BCUT2D eigenvalue weighted by atomic mass is 10.1. The average Bonchev–Trinajstić information content (AvgIpc) is 3.05. The molecule has 0 unspecified atom stereocenters. The van der Waals surface area contributed by atoms with Crippen LogP contribution in [0.1, 0.15) is 61.8 Å². The normalized spacial score (nSPS) is 16.6. The van der Waals surface area contributed by atoms with Crippen molar-refractivity contribution in [2.24, 2.45) is 0 Å². The van der Waals surface area contributed by atoms with E-state index in [2.05, 4.69) is 56.6 Å². The number of benzene rings is 1. The molecule has 2 aromatic heterocycles. The van der Waals surface area contributed by atoms with Crippen LogP contribution in [0.5, 0.6) is 0 Å². The Morgan fingerprint density at radius 2 is 1.71 bits per heavy atom. The van der Waals surface area contributed by atoms with Gasteiger partial charge < -0.3 is 15.1 Å². The number of rotatable bonds is 8. The van der Waals surface area contributed by atoms with Crippen molar-refractivity contribution < 1.29 is 0 Å². The smallest absolute Gasteiger partial charge is 0.224 e. The Hall–Kier alpha value is -2.93. The van der Waals surface area contributed by atoms with Crippen LogP contribution in [0.15, 0.2) is 36.5 Å². The van der Waals surface area contributed by atoms with Crippen LogP contribution in [-0.2, 0) is 19.4 Å². The van der Waals surface area contributed by atoms with E-state index < -0.39 is 0 Å². The molecule has 0 spiro atoms. The van der Waals surface area contributed by atoms with Crippen LogP contribution < -0.4 is 10.2 Å². The zero-order valence-corrected chi connectivity index (χ0v) is 21.1. The summed E-state index contributed by atoms with van der Waals surface area (Å²) in [6, 6.07) is 10.4. The number of aromatic nitrogens is 4. The zero-order chi connectivity index (χ0) is 23.9. The first-order valence-electron chi connectivity index (χ1n) is 13.4. The van der Waals surface area contributed by atoms with E-state index >= 15 is 0 Å². The highest BCUT2D eigenvalue weighted by atomic mass is 15.2. The molecule has 1 aliphatic heterocycles. The van der Waals surface area contributed by atoms with Gasteiger partial charge in [0, 0.05) is 43.9 Å². The molecule has 2 N–H and O–H groups in total. The second-order valence-electron chi connectivity index (χ2n) is 10.1. The Morgan fingerprint density at radius 3 is 2.54 bits per heavy atom. The summed E-state index contributed by atoms with van der Waals surface area (Å²) in [5, 5.41) is 11.0. The monoisotopic (exact) mass is 473 g/mol. The van der Waals surface area contributed by atoms with Gasteiger partial charge in [0.05, 0.1) is 17.6 Å². The molecule has 0 saturated carbocycles. The van der Waals surface area contributed by atoms with E-state index in [9.17, 15) is 0 Å². The summed E-state index contributed by atoms with van der Waals surface area (Å²) in [5.74, 6) is 2.01. The van der Waals surface area contributed by atoms with Gasteiger partial charge in [0.25, 0.3) is 0 Å². The van der Waals surface area contributed by atoms with E-state index in [0.29, 0.717) is 0 Å². The average molecular weight is 474 g/mol. The molecule has 7 heteroatoms. The Bertz CT molecular complexity index is 1070. The van der Waals surface area contributed by atoms with Crippen molar-refractivity contribution in [3.8, 4) is 11.3 Å². The lowest BCUT2D eigenvalue weighted by Gasteiger charge is -2.26. The number of anilines is 2. The van der Waals surface area contributed by atoms with Gasteiger partial charge in [-0.1, -0.05) is 49.6 Å². The van der Waals surface area contributed by atoms with E-state index in [1.54, 1.807) is 0 Å². The minimum atomic E-state index is 0.798. The van der Waals surface area contributed by atoms with Crippen LogP contribution in [0, 0.1) is 0 Å². The summed E-state index contributed by atoms with van der Waals surface area (Å²) in [6.45, 7) is 4.80. The molecule has 0 radical (unpaired) electrons. The molecular formula is C28H39N7. The number of likely N-dealkylation sites (N-methyl/N-ethyl adjacent to an activating group) is 1. The minimum absolute atomic E-state index is 0.798. The molecule has 3 heterocycles. The van der Waals surface area contributed by atoms with Crippen LogP contribution in [-0.4, -0.2) is 58.3 Å². The molecular weight excluding hydrogens is 434 g/mol. The number of nitrogens with zero attached hydrogens (tertiary/aromatic N) is 5. The molecule has 7 nitrogen and oxygen atoms in total. The SMILES string of the molecule is CN(CCNc1nc2c(c(N3CCCCCC3)n1)CCCCC2)Cc1cn[nH]c1-c1ccccc1. The van der Waals surface area contributed by atoms with Crippen molar-refractivity contribution in [3.05, 3.63) is 53.3 Å². The van der Waals surface area contributed by atoms with Crippen LogP contribution >= 0.6 is 0 Å². The van der Waals surface area contributed by atoms with E-state index in [0.717, 1.165) is 57.2 Å². The van der Waals surface area contributed by atoms with Gasteiger partial charge >= 0.3 is 0 Å². The second kappa shape index (κ2) is 11.7. The van der Waals surface area contributed by atoms with E-state index in [1.807, 2.05) is 12.3 Å². The number of fused-ring (bicyclic) bond motifs is 1. The van der Waals surface area contributed by atoms with Gasteiger partial charge in [0.2, 0.25) is 5.95 Å². The summed E-state index contributed by atoms with van der Waals surface area (Å²) in [4.78, 5) is 15.0. The molecule has 0 atom stereocenters. The number of aryl methyl sites for hydroxylation is 1. The van der Waals surface area contributed by atoms with Gasteiger partial charge in [-0.2, -0.15) is 10.1 Å². The molecule has 1 fully saturated rings. The van der Waals surface area contributed by atoms with Gasteiger partial charge in [0.15, 0.2) is 0 Å². The van der Waals surface area contributed by atoms with Gasteiger partial charge in [0.1, 0.15) is 5.82 Å². The quantitative estimate of drug-likeness (QED) is 0.446. The second-order valence-corrected chi connectivity index (χ2v) is 10.1. The number of aromatic amines is 1. The first-order chi connectivity index (χ1) is 17.3. The lowest BCUT2D eigenvalue weighted by molar-refractivity contribution is 0.340. The van der Waals surface area contributed by atoms with E-state index in [-0.39, 0.29) is 0 Å². The minimum Gasteiger partial charge on any atom is -0.356 e. The fraction of sp³-hybridized carbons (Fsp3) is 0.536. The van der Waals surface area contributed by atoms with Crippen LogP contribution in [0.4, 0.5) is 11.8 Å². The third kappa shape index (κ3) is 6.01. The molecule has 1 saturated heterocycles. The highest BCUT2D eigenvalue weighted by Crippen LogP contribution is 2.30. The molecule has 35 heavy (non-hydrogen) atoms. The largest absolute Gasteiger partial charge is 0.356 e. The topological polar surface area (TPSA) is 73.0 Å². The zero-order valence-electron chi connectivity index (χ0n) is 21.1. The Balaban J connectivity index is 1.24. The maximum atomic E-state index is 5.09. The standard InChI is InChI=1S/C28H39N7/c1-34(21-23-20-30-33-26(23)22-12-6-4-7-13-22)19-16-29-28-31-25-15-9-5-8-14-24(25)27(32-28)35-17-10-2-3-11-18-35/h4,6-7,12-13,20H,2-3,5,8-11,14-19,21H2,1H3,(H,30,33)(H,29,31,32). The molecule has 3 aromatic rings. The van der Waals surface area contributed by atoms with Gasteiger partial charge in [-0.15, -0.1) is 0 Å². The number of nitrogens with one attached hydrogen (secondary N) is 2. The third-order valence-electron chi connectivity index (χ3n) is 7.31. The molecule has 5 rings (SSSR count). The predicted molar refractivity (Wildman–Crippen MR) is 143 cm³/mol. The van der Waals surface area contributed by atoms with Gasteiger partial charge in [-0.05, 0) is 51.1 Å². The fourth-order valence-electron chi connectivity index (χ4n) is 5.39. The summed E-state index contributed by atoms with van der Waals surface area (Å²) in [7, 11) is 2.16. The molecule has 0 amide bonds. The molecule has 186 valence electrons. The van der Waals surface area contributed by atoms with Crippen LogP contribution in [0.3, 0.4) is 0 Å². The maximum absolute atomic E-state index is 5.09. The highest BCUT2D eigenvalue weighted by Gasteiger charge is 2.22. The van der Waals surface area contributed by atoms with Crippen molar-refractivity contribution >= 4 is 11.8 Å². The third-order valence-corrected chi connectivity index (χ3v) is 7.31. The van der Waals surface area contributed by atoms with Crippen LogP contribution in [0.25, 0.3) is 11.3 Å². The summed E-state index contributed by atoms with van der Waals surface area (Å²) < 4.78 is 0. The van der Waals surface area contributed by atoms with E-state index in [1.165, 1.54) is 73.1 Å². The van der Waals surface area contributed by atoms with Crippen molar-refractivity contribution in [1.82, 2.24) is 25.1 Å². The summed E-state index contributed by atoms with van der Waals surface area (Å²) in [6.07, 6.45) is 13.1. The van der Waals surface area contributed by atoms with Crippen molar-refractivity contribution in [2.75, 3.05) is 43.4 Å². The first kappa shape index (κ1) is 23.8.